The molecule has 0 atom stereocenters. The van der Waals surface area contributed by atoms with E-state index in [1.54, 1.807) is 11.8 Å². The van der Waals surface area contributed by atoms with Crippen LogP contribution in [0.4, 0.5) is 0 Å². The lowest BCUT2D eigenvalue weighted by atomic mass is 10.3. The number of benzene rings is 1. The highest BCUT2D eigenvalue weighted by atomic mass is 79.9. The maximum absolute atomic E-state index is 12.0. The van der Waals surface area contributed by atoms with E-state index in [0.717, 1.165) is 17.1 Å². The molecule has 90 valence electrons. The third-order valence-electron chi connectivity index (χ3n) is 2.80. The summed E-state index contributed by atoms with van der Waals surface area (Å²) in [4.78, 5) is 12.0. The number of halogens is 1. The van der Waals surface area contributed by atoms with Crippen molar-refractivity contribution in [3.63, 3.8) is 0 Å². The molecular weight excluding hydrogens is 284 g/mol. The van der Waals surface area contributed by atoms with Gasteiger partial charge in [0.15, 0.2) is 0 Å². The number of aromatic nitrogens is 2. The van der Waals surface area contributed by atoms with E-state index in [0.29, 0.717) is 4.47 Å². The lowest BCUT2D eigenvalue weighted by molar-refractivity contribution is 0.414. The minimum atomic E-state index is -0.0600. The first-order valence-electron chi connectivity index (χ1n) is 5.14. The van der Waals surface area contributed by atoms with Crippen LogP contribution in [0.3, 0.4) is 0 Å². The standard InChI is InChI=1S/C12H13BrN2O2/c1-8-11(13)12(16)15(14(8)2)9-4-6-10(17-3)7-5-9/h4-7H,1-3H3. The fourth-order valence-electron chi connectivity index (χ4n) is 1.69. The molecule has 1 aromatic heterocycles. The Morgan fingerprint density at radius 2 is 1.82 bits per heavy atom. The molecule has 0 N–H and O–H groups in total. The van der Waals surface area contributed by atoms with E-state index in [-0.39, 0.29) is 5.56 Å². The van der Waals surface area contributed by atoms with Gasteiger partial charge in [-0.15, -0.1) is 0 Å². The van der Waals surface area contributed by atoms with E-state index in [9.17, 15) is 4.79 Å². The Kier molecular flexibility index (Phi) is 3.11. The molecule has 0 saturated carbocycles. The van der Waals surface area contributed by atoms with Gasteiger partial charge in [0.1, 0.15) is 10.2 Å². The molecule has 1 aromatic carbocycles. The van der Waals surface area contributed by atoms with Crippen LogP contribution in [-0.2, 0) is 7.05 Å². The van der Waals surface area contributed by atoms with Gasteiger partial charge in [-0.1, -0.05) is 0 Å². The minimum Gasteiger partial charge on any atom is -0.497 e. The van der Waals surface area contributed by atoms with E-state index in [1.165, 1.54) is 0 Å². The van der Waals surface area contributed by atoms with Gasteiger partial charge in [-0.3, -0.25) is 9.48 Å². The van der Waals surface area contributed by atoms with Gasteiger partial charge in [0, 0.05) is 7.05 Å². The fourth-order valence-corrected chi connectivity index (χ4v) is 2.11. The molecule has 0 bridgehead atoms. The summed E-state index contributed by atoms with van der Waals surface area (Å²) in [5.74, 6) is 0.770. The van der Waals surface area contributed by atoms with E-state index in [4.69, 9.17) is 4.74 Å². The molecule has 17 heavy (non-hydrogen) atoms. The molecule has 0 aliphatic carbocycles. The number of ether oxygens (including phenoxy) is 1. The SMILES string of the molecule is COc1ccc(-n2c(=O)c(Br)c(C)n2C)cc1. The van der Waals surface area contributed by atoms with Crippen LogP contribution in [0.25, 0.3) is 5.69 Å². The van der Waals surface area contributed by atoms with Crippen LogP contribution in [0.15, 0.2) is 33.5 Å². The highest BCUT2D eigenvalue weighted by molar-refractivity contribution is 9.10. The topological polar surface area (TPSA) is 36.2 Å². The fraction of sp³-hybridized carbons (Fsp3) is 0.250. The van der Waals surface area contributed by atoms with Crippen molar-refractivity contribution in [3.05, 3.63) is 44.8 Å². The van der Waals surface area contributed by atoms with Crippen LogP contribution in [0.5, 0.6) is 5.75 Å². The highest BCUT2D eigenvalue weighted by Gasteiger charge is 2.13. The summed E-state index contributed by atoms with van der Waals surface area (Å²) >= 11 is 3.30. The molecule has 2 aromatic rings. The quantitative estimate of drug-likeness (QED) is 0.852. The third kappa shape index (κ3) is 1.91. The number of rotatable bonds is 2. The predicted molar refractivity (Wildman–Crippen MR) is 70.0 cm³/mol. The van der Waals surface area contributed by atoms with E-state index < -0.39 is 0 Å². The summed E-state index contributed by atoms with van der Waals surface area (Å²) in [6.45, 7) is 1.89. The average molecular weight is 297 g/mol. The van der Waals surface area contributed by atoms with Gasteiger partial charge in [-0.25, -0.2) is 4.68 Å². The molecule has 0 radical (unpaired) electrons. The van der Waals surface area contributed by atoms with Crippen molar-refractivity contribution in [2.75, 3.05) is 7.11 Å². The minimum absolute atomic E-state index is 0.0600. The van der Waals surface area contributed by atoms with Crippen LogP contribution in [0.1, 0.15) is 5.69 Å². The van der Waals surface area contributed by atoms with Crippen molar-refractivity contribution in [3.8, 4) is 11.4 Å². The second kappa shape index (κ2) is 4.41. The molecular formula is C12H13BrN2O2. The van der Waals surface area contributed by atoms with Crippen LogP contribution in [0.2, 0.25) is 0 Å². The smallest absolute Gasteiger partial charge is 0.285 e. The van der Waals surface area contributed by atoms with Crippen molar-refractivity contribution in [1.29, 1.82) is 0 Å². The molecule has 0 fully saturated rings. The number of hydrogen-bond donors (Lipinski definition) is 0. The zero-order valence-electron chi connectivity index (χ0n) is 9.90. The van der Waals surface area contributed by atoms with Crippen LogP contribution >= 0.6 is 15.9 Å². The van der Waals surface area contributed by atoms with Gasteiger partial charge in [-0.05, 0) is 47.1 Å². The Bertz CT molecular complexity index is 596. The Hall–Kier alpha value is -1.49. The van der Waals surface area contributed by atoms with Crippen LogP contribution in [0, 0.1) is 6.92 Å². The van der Waals surface area contributed by atoms with Crippen molar-refractivity contribution < 1.29 is 4.74 Å². The van der Waals surface area contributed by atoms with Gasteiger partial charge < -0.3 is 4.74 Å². The summed E-state index contributed by atoms with van der Waals surface area (Å²) in [7, 11) is 3.47. The number of nitrogens with zero attached hydrogens (tertiary/aromatic N) is 2. The third-order valence-corrected chi connectivity index (χ3v) is 3.71. The normalized spacial score (nSPS) is 10.6. The summed E-state index contributed by atoms with van der Waals surface area (Å²) < 4.78 is 9.11. The summed E-state index contributed by atoms with van der Waals surface area (Å²) in [5.41, 5.74) is 1.65. The molecule has 0 amide bonds. The van der Waals surface area contributed by atoms with Gasteiger partial charge >= 0.3 is 0 Å². The second-order valence-electron chi connectivity index (χ2n) is 3.74. The van der Waals surface area contributed by atoms with Crippen molar-refractivity contribution in [2.45, 2.75) is 6.92 Å². The van der Waals surface area contributed by atoms with Gasteiger partial charge in [-0.2, -0.15) is 0 Å². The molecule has 2 rings (SSSR count). The first-order valence-corrected chi connectivity index (χ1v) is 5.94. The average Bonchev–Trinajstić information content (AvgIpc) is 2.54. The Morgan fingerprint density at radius 1 is 1.24 bits per heavy atom. The lowest BCUT2D eigenvalue weighted by Crippen LogP contribution is -2.19. The zero-order valence-corrected chi connectivity index (χ0v) is 11.5. The predicted octanol–water partition coefficient (Wildman–Crippen LogP) is 2.26. The second-order valence-corrected chi connectivity index (χ2v) is 4.53. The van der Waals surface area contributed by atoms with E-state index in [2.05, 4.69) is 15.9 Å². The number of methoxy groups -OCH3 is 1. The molecule has 0 spiro atoms. The van der Waals surface area contributed by atoms with Gasteiger partial charge in [0.05, 0.1) is 18.5 Å². The molecule has 4 nitrogen and oxygen atoms in total. The van der Waals surface area contributed by atoms with Gasteiger partial charge in [0.2, 0.25) is 0 Å². The lowest BCUT2D eigenvalue weighted by Gasteiger charge is -2.08. The molecule has 0 aliphatic heterocycles. The monoisotopic (exact) mass is 296 g/mol. The molecule has 5 heteroatoms. The Labute approximate surface area is 108 Å². The Morgan fingerprint density at radius 3 is 2.24 bits per heavy atom. The largest absolute Gasteiger partial charge is 0.497 e. The van der Waals surface area contributed by atoms with Gasteiger partial charge in [0.25, 0.3) is 5.56 Å². The van der Waals surface area contributed by atoms with Crippen molar-refractivity contribution in [1.82, 2.24) is 9.36 Å². The molecule has 0 saturated heterocycles. The molecule has 1 heterocycles. The highest BCUT2D eigenvalue weighted by Crippen LogP contribution is 2.17. The van der Waals surface area contributed by atoms with Crippen LogP contribution in [-0.4, -0.2) is 16.5 Å². The van der Waals surface area contributed by atoms with Crippen molar-refractivity contribution in [2.24, 2.45) is 7.05 Å². The molecule has 0 aliphatic rings. The summed E-state index contributed by atoms with van der Waals surface area (Å²) in [6, 6.07) is 7.37. The Balaban J connectivity index is 2.60. The molecule has 0 unspecified atom stereocenters. The van der Waals surface area contributed by atoms with Crippen LogP contribution < -0.4 is 10.3 Å². The first kappa shape index (κ1) is 12.0. The maximum atomic E-state index is 12.0. The summed E-state index contributed by atoms with van der Waals surface area (Å²) in [6.07, 6.45) is 0. The maximum Gasteiger partial charge on any atom is 0.285 e. The van der Waals surface area contributed by atoms with E-state index >= 15 is 0 Å². The van der Waals surface area contributed by atoms with E-state index in [1.807, 2.05) is 42.9 Å². The first-order chi connectivity index (χ1) is 8.06. The zero-order chi connectivity index (χ0) is 12.6. The van der Waals surface area contributed by atoms with Crippen molar-refractivity contribution >= 4 is 15.9 Å². The number of hydrogen-bond acceptors (Lipinski definition) is 2. The summed E-state index contributed by atoms with van der Waals surface area (Å²) in [5, 5.41) is 0.